The molecule has 0 spiro atoms. The monoisotopic (exact) mass is 336 g/mol. The summed E-state index contributed by atoms with van der Waals surface area (Å²) in [4.78, 5) is 0. The molecule has 1 heterocycles. The van der Waals surface area contributed by atoms with Crippen molar-refractivity contribution < 1.29 is 14.0 Å². The molecule has 0 unspecified atom stereocenters. The molecule has 0 aromatic heterocycles. The lowest BCUT2D eigenvalue weighted by atomic mass is 10.1. The minimum Gasteiger partial charge on any atom is -0.493 e. The Hall–Kier alpha value is -2.55. The van der Waals surface area contributed by atoms with Crippen LogP contribution in [0.2, 0.25) is 0 Å². The van der Waals surface area contributed by atoms with Crippen LogP contribution in [0.3, 0.4) is 0 Å². The third-order valence-corrected chi connectivity index (χ3v) is 4.52. The fourth-order valence-corrected chi connectivity index (χ4v) is 3.46. The molecule has 2 aliphatic rings. The van der Waals surface area contributed by atoms with Gasteiger partial charge in [0.05, 0.1) is 13.2 Å². The van der Waals surface area contributed by atoms with E-state index in [0.29, 0.717) is 13.2 Å². The zero-order valence-corrected chi connectivity index (χ0v) is 15.7. The van der Waals surface area contributed by atoms with Crippen molar-refractivity contribution in [3.8, 4) is 28.3 Å². The van der Waals surface area contributed by atoms with Gasteiger partial charge in [-0.05, 0) is 32.9 Å². The zero-order chi connectivity index (χ0) is 18.0. The Bertz CT molecular complexity index is 806. The second-order valence-electron chi connectivity index (χ2n) is 6.21. The summed E-state index contributed by atoms with van der Waals surface area (Å²) >= 11 is 0. The fraction of sp³-hybridized carbons (Fsp3) is 0.318. The van der Waals surface area contributed by atoms with Gasteiger partial charge in [0.25, 0.3) is 0 Å². The summed E-state index contributed by atoms with van der Waals surface area (Å²) in [6.07, 6.45) is 0. The van der Waals surface area contributed by atoms with Gasteiger partial charge in [0, 0.05) is 26.0 Å². The lowest BCUT2D eigenvalue weighted by molar-refractivity contribution is -0.604. The molecular weight excluding hydrogens is 310 g/mol. The molecule has 1 aromatic rings. The molecule has 0 saturated heterocycles. The second-order valence-corrected chi connectivity index (χ2v) is 6.21. The minimum absolute atomic E-state index is 0.636. The van der Waals surface area contributed by atoms with Crippen LogP contribution < -0.4 is 14.0 Å². The Morgan fingerprint density at radius 2 is 1.20 bits per heavy atom. The maximum atomic E-state index is 5.95. The number of aryl methyl sites for hydroxylation is 1. The van der Waals surface area contributed by atoms with E-state index in [1.165, 1.54) is 5.56 Å². The van der Waals surface area contributed by atoms with Gasteiger partial charge in [0.2, 0.25) is 5.69 Å². The number of fused-ring (bicyclic) bond motifs is 1. The molecule has 25 heavy (non-hydrogen) atoms. The molecular formula is C22H26NO2+. The van der Waals surface area contributed by atoms with Crippen LogP contribution in [0.4, 0.5) is 0 Å². The first kappa shape index (κ1) is 17.3. The summed E-state index contributed by atoms with van der Waals surface area (Å²) in [5.41, 5.74) is 6.98. The molecule has 0 saturated carbocycles. The summed E-state index contributed by atoms with van der Waals surface area (Å²) < 4.78 is 14.2. The van der Waals surface area contributed by atoms with E-state index in [0.717, 1.165) is 39.7 Å². The summed E-state index contributed by atoms with van der Waals surface area (Å²) in [6.45, 7) is 11.7. The standard InChI is InChI=1S/C22H26NO2/c1-6-24-19-9-8-10-20(25-7-2)22-17(5)23(16(4)21(19)22)18-13-11-15(3)12-14-18/h8-14H,6-7H2,1-5H3/q+1. The highest BCUT2D eigenvalue weighted by molar-refractivity contribution is 5.80. The maximum Gasteiger partial charge on any atom is 0.211 e. The molecule has 1 aliphatic carbocycles. The van der Waals surface area contributed by atoms with E-state index < -0.39 is 0 Å². The van der Waals surface area contributed by atoms with Crippen LogP contribution in [0, 0.1) is 20.8 Å². The summed E-state index contributed by atoms with van der Waals surface area (Å²) in [6, 6.07) is 14.7. The van der Waals surface area contributed by atoms with Crippen LogP contribution in [-0.2, 0) is 0 Å². The highest BCUT2D eigenvalue weighted by Gasteiger charge is 2.33. The summed E-state index contributed by atoms with van der Waals surface area (Å²) in [5.74, 6) is 1.80. The van der Waals surface area contributed by atoms with Crippen molar-refractivity contribution in [2.45, 2.75) is 34.6 Å². The largest absolute Gasteiger partial charge is 0.493 e. The third kappa shape index (κ3) is 3.07. The minimum atomic E-state index is 0.636. The van der Waals surface area contributed by atoms with Gasteiger partial charge in [0.15, 0.2) is 11.4 Å². The number of benzene rings is 1. The molecule has 3 nitrogen and oxygen atoms in total. The third-order valence-electron chi connectivity index (χ3n) is 4.52. The molecule has 0 bridgehead atoms. The molecule has 0 fully saturated rings. The van der Waals surface area contributed by atoms with Gasteiger partial charge in [0.1, 0.15) is 22.6 Å². The van der Waals surface area contributed by atoms with Crippen LogP contribution in [0.1, 0.15) is 30.8 Å². The lowest BCUT2D eigenvalue weighted by Crippen LogP contribution is -2.34. The summed E-state index contributed by atoms with van der Waals surface area (Å²) in [5, 5.41) is 0. The fourth-order valence-electron chi connectivity index (χ4n) is 3.46. The Labute approximate surface area is 150 Å². The van der Waals surface area contributed by atoms with E-state index in [1.807, 2.05) is 32.0 Å². The van der Waals surface area contributed by atoms with E-state index in [9.17, 15) is 0 Å². The van der Waals surface area contributed by atoms with Gasteiger partial charge >= 0.3 is 0 Å². The van der Waals surface area contributed by atoms with Crippen molar-refractivity contribution in [1.29, 1.82) is 0 Å². The van der Waals surface area contributed by atoms with Crippen LogP contribution in [0.25, 0.3) is 16.8 Å². The molecule has 3 rings (SSSR count). The van der Waals surface area contributed by atoms with Gasteiger partial charge in [-0.3, -0.25) is 0 Å². The average Bonchev–Trinajstić information content (AvgIpc) is 2.74. The Balaban J connectivity index is 2.34. The van der Waals surface area contributed by atoms with Crippen molar-refractivity contribution in [1.82, 2.24) is 0 Å². The molecule has 0 amide bonds. The van der Waals surface area contributed by atoms with Crippen LogP contribution in [0.15, 0.2) is 42.5 Å². The topological polar surface area (TPSA) is 22.3 Å². The van der Waals surface area contributed by atoms with Crippen LogP contribution >= 0.6 is 0 Å². The first-order chi connectivity index (χ1) is 12.1. The van der Waals surface area contributed by atoms with E-state index in [-0.39, 0.29) is 0 Å². The molecule has 3 heteroatoms. The first-order valence-electron chi connectivity index (χ1n) is 8.89. The van der Waals surface area contributed by atoms with Crippen molar-refractivity contribution in [3.05, 3.63) is 59.4 Å². The molecule has 1 aromatic carbocycles. The highest BCUT2D eigenvalue weighted by atomic mass is 16.5. The smallest absolute Gasteiger partial charge is 0.211 e. The number of hydrogen-bond donors (Lipinski definition) is 0. The first-order valence-corrected chi connectivity index (χ1v) is 8.89. The van der Waals surface area contributed by atoms with Crippen molar-refractivity contribution in [2.75, 3.05) is 13.2 Å². The molecule has 1 aliphatic heterocycles. The van der Waals surface area contributed by atoms with Crippen molar-refractivity contribution in [2.24, 2.45) is 0 Å². The van der Waals surface area contributed by atoms with E-state index >= 15 is 0 Å². The van der Waals surface area contributed by atoms with Gasteiger partial charge in [-0.1, -0.05) is 23.8 Å². The average molecular weight is 336 g/mol. The summed E-state index contributed by atoms with van der Waals surface area (Å²) in [7, 11) is 0. The molecule has 0 N–H and O–H groups in total. The number of rotatable bonds is 5. The Kier molecular flexibility index (Phi) is 4.93. The van der Waals surface area contributed by atoms with E-state index in [1.54, 1.807) is 0 Å². The quantitative estimate of drug-likeness (QED) is 0.625. The second kappa shape index (κ2) is 7.14. The SMILES string of the molecule is CCOc1cccc(OCC)c2c(C)[n+](-c3ccc(C)cc3)c(C)c1-2. The molecule has 0 atom stereocenters. The molecule has 130 valence electrons. The van der Waals surface area contributed by atoms with Gasteiger partial charge in [-0.2, -0.15) is 4.57 Å². The van der Waals surface area contributed by atoms with Gasteiger partial charge in [-0.15, -0.1) is 0 Å². The Morgan fingerprint density at radius 1 is 0.720 bits per heavy atom. The lowest BCUT2D eigenvalue weighted by Gasteiger charge is -2.06. The predicted molar refractivity (Wildman–Crippen MR) is 101 cm³/mol. The predicted octanol–water partition coefficient (Wildman–Crippen LogP) is 4.79. The maximum absolute atomic E-state index is 5.95. The number of aromatic nitrogens is 1. The zero-order valence-electron chi connectivity index (χ0n) is 15.7. The van der Waals surface area contributed by atoms with Gasteiger partial charge < -0.3 is 9.47 Å². The Morgan fingerprint density at radius 3 is 1.64 bits per heavy atom. The van der Waals surface area contributed by atoms with E-state index in [4.69, 9.17) is 9.47 Å². The number of hydrogen-bond acceptors (Lipinski definition) is 2. The molecule has 0 radical (unpaired) electrons. The normalized spacial score (nSPS) is 10.9. The number of ether oxygens (including phenoxy) is 2. The highest BCUT2D eigenvalue weighted by Crippen LogP contribution is 2.42. The van der Waals surface area contributed by atoms with Crippen LogP contribution in [-0.4, -0.2) is 13.2 Å². The van der Waals surface area contributed by atoms with Gasteiger partial charge in [-0.25, -0.2) is 0 Å². The van der Waals surface area contributed by atoms with E-state index in [2.05, 4.69) is 49.6 Å². The van der Waals surface area contributed by atoms with Crippen molar-refractivity contribution >= 4 is 0 Å². The number of nitrogens with zero attached hydrogens (tertiary/aromatic N) is 1. The van der Waals surface area contributed by atoms with Crippen LogP contribution in [0.5, 0.6) is 11.5 Å². The van der Waals surface area contributed by atoms with Crippen molar-refractivity contribution in [3.63, 3.8) is 0 Å².